The van der Waals surface area contributed by atoms with Crippen molar-refractivity contribution < 1.29 is 23.9 Å². The van der Waals surface area contributed by atoms with Crippen LogP contribution in [0.1, 0.15) is 44.9 Å². The Morgan fingerprint density at radius 3 is 2.58 bits per heavy atom. The Kier molecular flexibility index (Phi) is 7.77. The lowest BCUT2D eigenvalue weighted by Crippen LogP contribution is -2.45. The summed E-state index contributed by atoms with van der Waals surface area (Å²) in [5.74, 6) is 0.307. The molecule has 0 unspecified atom stereocenters. The number of benzene rings is 1. The lowest BCUT2D eigenvalue weighted by atomic mass is 9.95. The highest BCUT2D eigenvalue weighted by Crippen LogP contribution is 2.34. The van der Waals surface area contributed by atoms with Gasteiger partial charge in [0.1, 0.15) is 19.8 Å². The zero-order valence-electron chi connectivity index (χ0n) is 18.4. The lowest BCUT2D eigenvalue weighted by Gasteiger charge is -2.27. The summed E-state index contributed by atoms with van der Waals surface area (Å²) in [6, 6.07) is 5.32. The molecule has 33 heavy (non-hydrogen) atoms. The molecule has 2 aromatic rings. The standard InChI is InChI=1S/C23H28N4O5S/c28-20(26-23-24-10-13-33-23)8-9-22(30)27(15-21(29)25-16-4-2-1-3-5-16)17-6-7-18-19(14-17)32-12-11-31-18/h6-7,10,13-14,16H,1-5,8-9,11-12,15H2,(H,25,29)(H,24,26,28). The van der Waals surface area contributed by atoms with E-state index in [4.69, 9.17) is 9.47 Å². The van der Waals surface area contributed by atoms with Crippen LogP contribution < -0.4 is 25.0 Å². The third-order valence-electron chi connectivity index (χ3n) is 5.66. The first-order valence-electron chi connectivity index (χ1n) is 11.3. The summed E-state index contributed by atoms with van der Waals surface area (Å²) in [6.45, 7) is 0.763. The molecule has 0 spiro atoms. The topological polar surface area (TPSA) is 110 Å². The van der Waals surface area contributed by atoms with E-state index in [1.807, 2.05) is 0 Å². The SMILES string of the molecule is O=C(CCC(=O)N(CC(=O)NC1CCCCC1)c1ccc2c(c1)OCCO2)Nc1nccs1. The summed E-state index contributed by atoms with van der Waals surface area (Å²) in [5.41, 5.74) is 0.531. The first-order valence-corrected chi connectivity index (χ1v) is 12.1. The van der Waals surface area contributed by atoms with Crippen LogP contribution in [0.5, 0.6) is 11.5 Å². The molecular formula is C23H28N4O5S. The first kappa shape index (κ1) is 23.0. The second-order valence-electron chi connectivity index (χ2n) is 8.10. The third-order valence-corrected chi connectivity index (χ3v) is 6.34. The predicted molar refractivity (Wildman–Crippen MR) is 125 cm³/mol. The number of hydrogen-bond donors (Lipinski definition) is 2. The Morgan fingerprint density at radius 2 is 1.82 bits per heavy atom. The molecule has 9 nitrogen and oxygen atoms in total. The van der Waals surface area contributed by atoms with Crippen molar-refractivity contribution in [3.8, 4) is 11.5 Å². The average molecular weight is 473 g/mol. The molecule has 2 N–H and O–H groups in total. The maximum Gasteiger partial charge on any atom is 0.240 e. The Morgan fingerprint density at radius 1 is 1.03 bits per heavy atom. The third kappa shape index (κ3) is 6.44. The van der Waals surface area contributed by atoms with Crippen molar-refractivity contribution in [3.05, 3.63) is 29.8 Å². The summed E-state index contributed by atoms with van der Waals surface area (Å²) in [7, 11) is 0. The van der Waals surface area contributed by atoms with E-state index in [1.54, 1.807) is 29.8 Å². The second-order valence-corrected chi connectivity index (χ2v) is 8.99. The van der Waals surface area contributed by atoms with Gasteiger partial charge >= 0.3 is 0 Å². The molecule has 10 heteroatoms. The van der Waals surface area contributed by atoms with Crippen molar-refractivity contribution in [3.63, 3.8) is 0 Å². The van der Waals surface area contributed by atoms with Crippen molar-refractivity contribution in [1.29, 1.82) is 0 Å². The number of hydrogen-bond acceptors (Lipinski definition) is 7. The van der Waals surface area contributed by atoms with Crippen LogP contribution in [0.25, 0.3) is 0 Å². The normalized spacial score (nSPS) is 15.5. The minimum atomic E-state index is -0.320. The number of nitrogens with zero attached hydrogens (tertiary/aromatic N) is 2. The number of carbonyl (C=O) groups is 3. The first-order chi connectivity index (χ1) is 16.1. The largest absolute Gasteiger partial charge is 0.486 e. The molecule has 176 valence electrons. The van der Waals surface area contributed by atoms with Gasteiger partial charge in [-0.25, -0.2) is 4.98 Å². The van der Waals surface area contributed by atoms with Gasteiger partial charge in [-0.2, -0.15) is 0 Å². The molecule has 1 aromatic carbocycles. The van der Waals surface area contributed by atoms with Crippen LogP contribution in [0.4, 0.5) is 10.8 Å². The van der Waals surface area contributed by atoms with Gasteiger partial charge in [0.2, 0.25) is 17.7 Å². The van der Waals surface area contributed by atoms with Gasteiger partial charge in [-0.15, -0.1) is 11.3 Å². The van der Waals surface area contributed by atoms with Crippen LogP contribution in [-0.2, 0) is 14.4 Å². The maximum atomic E-state index is 13.1. The molecule has 0 atom stereocenters. The smallest absolute Gasteiger partial charge is 0.240 e. The zero-order chi connectivity index (χ0) is 23.0. The number of ether oxygens (including phenoxy) is 2. The van der Waals surface area contributed by atoms with Gasteiger partial charge in [0.25, 0.3) is 0 Å². The van der Waals surface area contributed by atoms with Gasteiger partial charge in [-0.05, 0) is 25.0 Å². The Labute approximate surface area is 196 Å². The molecule has 1 aromatic heterocycles. The van der Waals surface area contributed by atoms with E-state index in [1.165, 1.54) is 22.7 Å². The molecule has 2 heterocycles. The number of aromatic nitrogens is 1. The molecular weight excluding hydrogens is 444 g/mol. The summed E-state index contributed by atoms with van der Waals surface area (Å²) >= 11 is 1.31. The monoisotopic (exact) mass is 472 g/mol. The molecule has 1 saturated carbocycles. The molecule has 3 amide bonds. The minimum Gasteiger partial charge on any atom is -0.486 e. The highest BCUT2D eigenvalue weighted by atomic mass is 32.1. The van der Waals surface area contributed by atoms with Gasteiger partial charge in [0.15, 0.2) is 16.6 Å². The molecule has 0 radical (unpaired) electrons. The highest BCUT2D eigenvalue weighted by molar-refractivity contribution is 7.13. The van der Waals surface area contributed by atoms with Crippen LogP contribution in [0.2, 0.25) is 0 Å². The van der Waals surface area contributed by atoms with Gasteiger partial charge in [-0.1, -0.05) is 19.3 Å². The predicted octanol–water partition coefficient (Wildman–Crippen LogP) is 3.12. The van der Waals surface area contributed by atoms with Gasteiger partial charge in [0, 0.05) is 42.2 Å². The molecule has 2 aliphatic rings. The number of anilines is 2. The number of fused-ring (bicyclic) bond motifs is 1. The molecule has 1 fully saturated rings. The summed E-state index contributed by atoms with van der Waals surface area (Å²) in [5, 5.41) is 7.98. The molecule has 1 aliphatic carbocycles. The van der Waals surface area contributed by atoms with E-state index in [0.717, 1.165) is 25.7 Å². The quantitative estimate of drug-likeness (QED) is 0.611. The molecule has 1 aliphatic heterocycles. The van der Waals surface area contributed by atoms with Crippen molar-refractivity contribution >= 4 is 39.9 Å². The Hall–Kier alpha value is -3.14. The van der Waals surface area contributed by atoms with Crippen molar-refractivity contribution in [2.75, 3.05) is 30.0 Å². The zero-order valence-corrected chi connectivity index (χ0v) is 19.2. The van der Waals surface area contributed by atoms with Crippen molar-refractivity contribution in [2.24, 2.45) is 0 Å². The molecule has 0 saturated heterocycles. The van der Waals surface area contributed by atoms with Crippen LogP contribution in [0.15, 0.2) is 29.8 Å². The fraction of sp³-hybridized carbons (Fsp3) is 0.478. The summed E-state index contributed by atoms with van der Waals surface area (Å²) in [6.07, 6.45) is 6.86. The average Bonchev–Trinajstić information content (AvgIpc) is 3.34. The van der Waals surface area contributed by atoms with Crippen LogP contribution >= 0.6 is 11.3 Å². The Bertz CT molecular complexity index is 975. The van der Waals surface area contributed by atoms with Crippen LogP contribution in [0.3, 0.4) is 0 Å². The Balaban J connectivity index is 1.43. The molecule has 0 bridgehead atoms. The number of nitrogens with one attached hydrogen (secondary N) is 2. The highest BCUT2D eigenvalue weighted by Gasteiger charge is 2.24. The van der Waals surface area contributed by atoms with E-state index < -0.39 is 0 Å². The van der Waals surface area contributed by atoms with Crippen LogP contribution in [0, 0.1) is 0 Å². The number of thiazole rings is 1. The summed E-state index contributed by atoms with van der Waals surface area (Å²) in [4.78, 5) is 43.6. The summed E-state index contributed by atoms with van der Waals surface area (Å²) < 4.78 is 11.2. The van der Waals surface area contributed by atoms with E-state index in [2.05, 4.69) is 15.6 Å². The van der Waals surface area contributed by atoms with E-state index in [-0.39, 0.29) is 43.1 Å². The van der Waals surface area contributed by atoms with E-state index in [0.29, 0.717) is 35.5 Å². The number of rotatable bonds is 8. The number of amides is 3. The van der Waals surface area contributed by atoms with Gasteiger partial charge < -0.3 is 25.0 Å². The number of carbonyl (C=O) groups excluding carboxylic acids is 3. The second kappa shape index (κ2) is 11.1. The lowest BCUT2D eigenvalue weighted by molar-refractivity contribution is -0.125. The van der Waals surface area contributed by atoms with E-state index in [9.17, 15) is 14.4 Å². The van der Waals surface area contributed by atoms with Gasteiger partial charge in [0.05, 0.1) is 0 Å². The fourth-order valence-corrected chi connectivity index (χ4v) is 4.55. The van der Waals surface area contributed by atoms with Crippen LogP contribution in [-0.4, -0.2) is 48.5 Å². The van der Waals surface area contributed by atoms with Gasteiger partial charge in [-0.3, -0.25) is 14.4 Å². The molecule has 4 rings (SSSR count). The van der Waals surface area contributed by atoms with E-state index >= 15 is 0 Å². The van der Waals surface area contributed by atoms with Crippen molar-refractivity contribution in [1.82, 2.24) is 10.3 Å². The van der Waals surface area contributed by atoms with Crippen molar-refractivity contribution in [2.45, 2.75) is 51.0 Å². The maximum absolute atomic E-state index is 13.1. The fourth-order valence-electron chi connectivity index (χ4n) is 4.01. The minimum absolute atomic E-state index is 0.0102.